The maximum Gasteiger partial charge on any atom is 0.0714 e. The van der Waals surface area contributed by atoms with E-state index in [2.05, 4.69) is 229 Å². The zero-order chi connectivity index (χ0) is 37.8. The first-order valence-corrected chi connectivity index (χ1v) is 20.4. The van der Waals surface area contributed by atoms with Gasteiger partial charge in [0, 0.05) is 37.2 Å². The Labute approximate surface area is 337 Å². The molecule has 0 fully saturated rings. The van der Waals surface area contributed by atoms with Crippen LogP contribution in [-0.4, -0.2) is 0 Å². The summed E-state index contributed by atoms with van der Waals surface area (Å²) in [6, 6.07) is 82.4. The lowest BCUT2D eigenvalue weighted by Crippen LogP contribution is -2.28. The van der Waals surface area contributed by atoms with Gasteiger partial charge in [0.1, 0.15) is 0 Å². The Bertz CT molecular complexity index is 2950. The van der Waals surface area contributed by atoms with E-state index in [1.807, 2.05) is 11.3 Å². The van der Waals surface area contributed by atoms with Crippen molar-refractivity contribution in [2.75, 3.05) is 4.90 Å². The molecule has 0 radical (unpaired) electrons. The van der Waals surface area contributed by atoms with Crippen LogP contribution in [0.2, 0.25) is 0 Å². The standard InChI is InChI=1S/C55H37NS/c1-5-17-38(18-6-1)40-33-41(39-19-7-2-8-20-39)35-46(34-40)56(44-23-11-4-12-24-44)45-30-32-53-50(37-45)49-31-29-43(36-54(49)57-53)55(42-21-9-3-10-22-42)51-27-15-13-25-47(51)48-26-14-16-28-52(48)55/h1-37H. The van der Waals surface area contributed by atoms with Crippen LogP contribution in [0.1, 0.15) is 22.3 Å². The van der Waals surface area contributed by atoms with Crippen molar-refractivity contribution in [1.82, 2.24) is 0 Å². The van der Waals surface area contributed by atoms with Gasteiger partial charge < -0.3 is 4.90 Å². The molecule has 0 amide bonds. The van der Waals surface area contributed by atoms with Crippen molar-refractivity contribution in [3.63, 3.8) is 0 Å². The van der Waals surface area contributed by atoms with E-state index in [9.17, 15) is 0 Å². The maximum atomic E-state index is 2.47. The summed E-state index contributed by atoms with van der Waals surface area (Å²) in [5.74, 6) is 0. The van der Waals surface area contributed by atoms with Gasteiger partial charge in [-0.25, -0.2) is 0 Å². The van der Waals surface area contributed by atoms with E-state index < -0.39 is 5.41 Å². The molecular weight excluding hydrogens is 707 g/mol. The van der Waals surface area contributed by atoms with Crippen molar-refractivity contribution < 1.29 is 0 Å². The van der Waals surface area contributed by atoms with Crippen LogP contribution >= 0.6 is 11.3 Å². The second kappa shape index (κ2) is 13.6. The Kier molecular flexibility index (Phi) is 7.98. The summed E-state index contributed by atoms with van der Waals surface area (Å²) in [5.41, 5.74) is 15.6. The van der Waals surface area contributed by atoms with Crippen LogP contribution in [0.4, 0.5) is 17.1 Å². The molecule has 0 unspecified atom stereocenters. The van der Waals surface area contributed by atoms with Gasteiger partial charge in [0.15, 0.2) is 0 Å². The monoisotopic (exact) mass is 743 g/mol. The molecule has 0 atom stereocenters. The highest BCUT2D eigenvalue weighted by molar-refractivity contribution is 7.25. The first-order chi connectivity index (χ1) is 28.3. The first kappa shape index (κ1) is 33.3. The van der Waals surface area contributed by atoms with Gasteiger partial charge in [0.05, 0.1) is 5.41 Å². The van der Waals surface area contributed by atoms with Gasteiger partial charge >= 0.3 is 0 Å². The number of para-hydroxylation sites is 1. The fourth-order valence-electron chi connectivity index (χ4n) is 9.21. The quantitative estimate of drug-likeness (QED) is 0.157. The molecule has 0 spiro atoms. The minimum absolute atomic E-state index is 0.422. The second-order valence-corrected chi connectivity index (χ2v) is 16.0. The molecule has 0 aliphatic heterocycles. The Hall–Kier alpha value is -7.00. The molecule has 0 bridgehead atoms. The highest BCUT2D eigenvalue weighted by Crippen LogP contribution is 2.56. The highest BCUT2D eigenvalue weighted by atomic mass is 32.1. The minimum Gasteiger partial charge on any atom is -0.310 e. The van der Waals surface area contributed by atoms with E-state index >= 15 is 0 Å². The summed E-state index contributed by atoms with van der Waals surface area (Å²) in [5, 5.41) is 2.54. The first-order valence-electron chi connectivity index (χ1n) is 19.6. The maximum absolute atomic E-state index is 2.47. The number of anilines is 3. The molecule has 0 saturated heterocycles. The van der Waals surface area contributed by atoms with Gasteiger partial charge in [-0.3, -0.25) is 0 Å². The molecule has 0 N–H and O–H groups in total. The minimum atomic E-state index is -0.422. The molecule has 268 valence electrons. The fraction of sp³-hybridized carbons (Fsp3) is 0.0182. The van der Waals surface area contributed by atoms with Crippen LogP contribution in [-0.2, 0) is 5.41 Å². The summed E-state index contributed by atoms with van der Waals surface area (Å²) in [6.45, 7) is 0. The molecule has 2 heteroatoms. The van der Waals surface area contributed by atoms with Crippen molar-refractivity contribution in [3.05, 3.63) is 247 Å². The van der Waals surface area contributed by atoms with Crippen LogP contribution in [0.25, 0.3) is 53.6 Å². The number of thiophene rings is 1. The van der Waals surface area contributed by atoms with Crippen molar-refractivity contribution >= 4 is 48.6 Å². The van der Waals surface area contributed by atoms with Gasteiger partial charge in [-0.15, -0.1) is 11.3 Å². The molecule has 1 aliphatic carbocycles. The van der Waals surface area contributed by atoms with Crippen LogP contribution in [0, 0.1) is 0 Å². The van der Waals surface area contributed by atoms with Gasteiger partial charge in [-0.05, 0) is 110 Å². The fourth-order valence-corrected chi connectivity index (χ4v) is 10.3. The summed E-state index contributed by atoms with van der Waals surface area (Å²) in [4.78, 5) is 2.41. The predicted octanol–water partition coefficient (Wildman–Crippen LogP) is 15.2. The lowest BCUT2D eigenvalue weighted by atomic mass is 9.67. The van der Waals surface area contributed by atoms with Gasteiger partial charge in [0.25, 0.3) is 0 Å². The third-order valence-corrected chi connectivity index (χ3v) is 12.8. The van der Waals surface area contributed by atoms with E-state index in [1.54, 1.807) is 0 Å². The molecule has 10 aromatic rings. The Morgan fingerprint density at radius 3 is 1.47 bits per heavy atom. The van der Waals surface area contributed by atoms with Gasteiger partial charge in [-0.1, -0.05) is 170 Å². The number of hydrogen-bond acceptors (Lipinski definition) is 2. The second-order valence-electron chi connectivity index (χ2n) is 14.9. The third kappa shape index (κ3) is 5.44. The normalized spacial score (nSPS) is 12.7. The third-order valence-electron chi connectivity index (χ3n) is 11.7. The molecule has 1 aliphatic rings. The number of nitrogens with zero attached hydrogens (tertiary/aromatic N) is 1. The summed E-state index contributed by atoms with van der Waals surface area (Å²) in [7, 11) is 0. The van der Waals surface area contributed by atoms with Gasteiger partial charge in [0.2, 0.25) is 0 Å². The number of rotatable bonds is 7. The van der Waals surface area contributed by atoms with Crippen molar-refractivity contribution in [3.8, 4) is 33.4 Å². The molecule has 1 nitrogen and oxygen atoms in total. The van der Waals surface area contributed by atoms with Crippen LogP contribution < -0.4 is 4.90 Å². The average molecular weight is 744 g/mol. The van der Waals surface area contributed by atoms with E-state index in [4.69, 9.17) is 0 Å². The largest absolute Gasteiger partial charge is 0.310 e. The van der Waals surface area contributed by atoms with E-state index in [0.717, 1.165) is 17.1 Å². The number of hydrogen-bond donors (Lipinski definition) is 0. The molecule has 57 heavy (non-hydrogen) atoms. The molecule has 0 saturated carbocycles. The van der Waals surface area contributed by atoms with Crippen molar-refractivity contribution in [1.29, 1.82) is 0 Å². The molecule has 11 rings (SSSR count). The van der Waals surface area contributed by atoms with Crippen LogP contribution in [0.15, 0.2) is 224 Å². The molecule has 1 heterocycles. The lowest BCUT2D eigenvalue weighted by Gasteiger charge is -2.33. The number of fused-ring (bicyclic) bond motifs is 6. The SMILES string of the molecule is c1ccc(-c2cc(-c3ccccc3)cc(N(c3ccccc3)c3ccc4sc5cc(C6(c7ccccc7)c7ccccc7-c7ccccc76)ccc5c4c3)c2)cc1. The summed E-state index contributed by atoms with van der Waals surface area (Å²) < 4.78 is 2.57. The lowest BCUT2D eigenvalue weighted by molar-refractivity contribution is 0.770. The van der Waals surface area contributed by atoms with Gasteiger partial charge in [-0.2, -0.15) is 0 Å². The van der Waals surface area contributed by atoms with E-state index in [0.29, 0.717) is 0 Å². The Morgan fingerprint density at radius 1 is 0.316 bits per heavy atom. The summed E-state index contributed by atoms with van der Waals surface area (Å²) in [6.07, 6.45) is 0. The summed E-state index contributed by atoms with van der Waals surface area (Å²) >= 11 is 1.88. The Balaban J connectivity index is 1.10. The average Bonchev–Trinajstić information content (AvgIpc) is 3.81. The van der Waals surface area contributed by atoms with Crippen LogP contribution in [0.5, 0.6) is 0 Å². The predicted molar refractivity (Wildman–Crippen MR) is 242 cm³/mol. The highest BCUT2D eigenvalue weighted by Gasteiger charge is 2.46. The Morgan fingerprint density at radius 2 is 0.860 bits per heavy atom. The smallest absolute Gasteiger partial charge is 0.0714 e. The van der Waals surface area contributed by atoms with E-state index in [1.165, 1.54) is 75.8 Å². The van der Waals surface area contributed by atoms with Crippen molar-refractivity contribution in [2.45, 2.75) is 5.41 Å². The van der Waals surface area contributed by atoms with Crippen LogP contribution in [0.3, 0.4) is 0 Å². The van der Waals surface area contributed by atoms with E-state index in [-0.39, 0.29) is 0 Å². The zero-order valence-corrected chi connectivity index (χ0v) is 32.0. The molecular formula is C55H37NS. The number of benzene rings is 9. The molecule has 1 aromatic heterocycles. The zero-order valence-electron chi connectivity index (χ0n) is 31.2. The topological polar surface area (TPSA) is 3.24 Å². The molecule has 9 aromatic carbocycles. The van der Waals surface area contributed by atoms with Crippen molar-refractivity contribution in [2.24, 2.45) is 0 Å².